The second kappa shape index (κ2) is 18.9. The van der Waals surface area contributed by atoms with Gasteiger partial charge in [-0.1, -0.05) is 19.7 Å². The summed E-state index contributed by atoms with van der Waals surface area (Å²) in [5.41, 5.74) is -0.154. The molecular formula is C25H48ClN3O8S. The van der Waals surface area contributed by atoms with Gasteiger partial charge >= 0.3 is 11.9 Å². The average Bonchev–Trinajstić information content (AvgIpc) is 2.64. The summed E-state index contributed by atoms with van der Waals surface area (Å²) in [6.45, 7) is 18.9. The Morgan fingerprint density at radius 2 is 1.18 bits per heavy atom. The number of hydrogen-bond acceptors (Lipinski definition) is 8. The van der Waals surface area contributed by atoms with E-state index >= 15 is 0 Å². The van der Waals surface area contributed by atoms with Gasteiger partial charge in [-0.3, -0.25) is 4.79 Å². The van der Waals surface area contributed by atoms with Crippen LogP contribution in [-0.2, 0) is 34.0 Å². The maximum Gasteiger partial charge on any atom is 0.333 e. The fraction of sp³-hybridized carbons (Fsp3) is 0.640. The minimum absolute atomic E-state index is 0. The fourth-order valence-corrected chi connectivity index (χ4v) is 2.89. The Balaban J connectivity index is -0.000000225. The molecule has 0 spiro atoms. The highest BCUT2D eigenvalue weighted by Gasteiger charge is 2.22. The number of amides is 1. The van der Waals surface area contributed by atoms with Crippen LogP contribution in [-0.4, -0.2) is 120 Å². The highest BCUT2D eigenvalue weighted by atomic mass is 35.5. The first-order valence-corrected chi connectivity index (χ1v) is 13.0. The number of carbonyl (C=O) groups excluding carboxylic acids is 3. The standard InChI is InChI=1S/2C9H18NO2.C7H13NO4S.ClH/c2*1-8(2)9(11)12-7-6-10(3,4)5;1-4-6(9)8-7(2,3)5-13(10,11)12;/h2*1,6-7H2,2-5H3;4H,1,5H2,2-3H3,(H,8,9)(H,10,11,12);1H/q2*+1;;/p-2. The average molecular weight is 586 g/mol. The highest BCUT2D eigenvalue weighted by Crippen LogP contribution is 2.05. The van der Waals surface area contributed by atoms with Gasteiger partial charge in [0.05, 0.1) is 58.2 Å². The number of likely N-dealkylation sites (N-methyl/N-ethyl adjacent to an activating group) is 2. The van der Waals surface area contributed by atoms with Gasteiger partial charge in [0, 0.05) is 16.7 Å². The van der Waals surface area contributed by atoms with Crippen molar-refractivity contribution >= 4 is 28.0 Å². The maximum absolute atomic E-state index is 10.9. The van der Waals surface area contributed by atoms with Crippen LogP contribution in [0.15, 0.2) is 37.0 Å². The Labute approximate surface area is 235 Å². The Hall–Kier alpha value is -2.25. The monoisotopic (exact) mass is 585 g/mol. The van der Waals surface area contributed by atoms with Crippen molar-refractivity contribution in [3.63, 3.8) is 0 Å². The van der Waals surface area contributed by atoms with Crippen LogP contribution in [0.2, 0.25) is 0 Å². The molecule has 0 heterocycles. The first-order chi connectivity index (χ1) is 16.3. The van der Waals surface area contributed by atoms with E-state index in [0.29, 0.717) is 24.4 Å². The van der Waals surface area contributed by atoms with Gasteiger partial charge in [-0.15, -0.1) is 0 Å². The second-order valence-electron chi connectivity index (χ2n) is 11.1. The van der Waals surface area contributed by atoms with E-state index in [0.717, 1.165) is 28.1 Å². The highest BCUT2D eigenvalue weighted by molar-refractivity contribution is 7.85. The number of hydrogen-bond donors (Lipinski definition) is 1. The third kappa shape index (κ3) is 33.8. The molecule has 0 fully saturated rings. The van der Waals surface area contributed by atoms with Crippen LogP contribution >= 0.6 is 0 Å². The van der Waals surface area contributed by atoms with Crippen LogP contribution < -0.4 is 17.7 Å². The van der Waals surface area contributed by atoms with Crippen molar-refractivity contribution in [2.24, 2.45) is 0 Å². The summed E-state index contributed by atoms with van der Waals surface area (Å²) >= 11 is 0. The van der Waals surface area contributed by atoms with E-state index in [1.807, 2.05) is 0 Å². The SMILES string of the molecule is C=C(C)C(=O)OCC[N+](C)(C)C.C=C(C)C(=O)OCC[N+](C)(C)C.C=CC(=O)NC(C)(C)CS(=O)(=O)[O-].[Cl-]. The molecule has 0 aliphatic heterocycles. The molecule has 0 aromatic rings. The number of rotatable bonds is 12. The van der Waals surface area contributed by atoms with Gasteiger partial charge in [0.15, 0.2) is 0 Å². The molecule has 13 heteroatoms. The summed E-state index contributed by atoms with van der Waals surface area (Å²) in [6, 6.07) is 0. The molecule has 1 N–H and O–H groups in total. The second-order valence-corrected chi connectivity index (χ2v) is 12.5. The summed E-state index contributed by atoms with van der Waals surface area (Å²) in [6.07, 6.45) is 1.01. The van der Waals surface area contributed by atoms with Crippen molar-refractivity contribution in [2.45, 2.75) is 33.2 Å². The molecular weight excluding hydrogens is 538 g/mol. The van der Waals surface area contributed by atoms with E-state index in [1.165, 1.54) is 13.8 Å². The van der Waals surface area contributed by atoms with Gasteiger partial charge in [0.1, 0.15) is 26.3 Å². The lowest BCUT2D eigenvalue weighted by atomic mass is 10.1. The van der Waals surface area contributed by atoms with Crippen molar-refractivity contribution in [1.29, 1.82) is 0 Å². The lowest BCUT2D eigenvalue weighted by molar-refractivity contribution is -0.870. The Kier molecular flexibility index (Phi) is 21.3. The molecule has 0 aliphatic rings. The summed E-state index contributed by atoms with van der Waals surface area (Å²) in [5.74, 6) is -1.75. The Morgan fingerprint density at radius 1 is 0.868 bits per heavy atom. The number of esters is 2. The number of nitrogens with zero attached hydrogens (tertiary/aromatic N) is 2. The molecule has 0 unspecified atom stereocenters. The maximum atomic E-state index is 10.9. The number of halogens is 1. The molecule has 0 atom stereocenters. The lowest BCUT2D eigenvalue weighted by Crippen LogP contribution is -3.00. The van der Waals surface area contributed by atoms with Gasteiger partial charge in [0.2, 0.25) is 5.91 Å². The zero-order chi connectivity index (χ0) is 30.3. The molecule has 38 heavy (non-hydrogen) atoms. The van der Waals surface area contributed by atoms with Crippen LogP contribution in [0.25, 0.3) is 0 Å². The molecule has 0 bridgehead atoms. The Bertz CT molecular complexity index is 861. The summed E-state index contributed by atoms with van der Waals surface area (Å²) < 4.78 is 42.6. The van der Waals surface area contributed by atoms with Gasteiger partial charge in [0.25, 0.3) is 0 Å². The zero-order valence-electron chi connectivity index (χ0n) is 24.7. The molecule has 11 nitrogen and oxygen atoms in total. The largest absolute Gasteiger partial charge is 1.00 e. The number of nitrogens with one attached hydrogen (secondary N) is 1. The van der Waals surface area contributed by atoms with Gasteiger partial charge in [-0.2, -0.15) is 0 Å². The number of carbonyl (C=O) groups is 3. The zero-order valence-corrected chi connectivity index (χ0v) is 26.3. The van der Waals surface area contributed by atoms with E-state index in [1.54, 1.807) is 13.8 Å². The molecule has 224 valence electrons. The van der Waals surface area contributed by atoms with Crippen molar-refractivity contribution in [3.8, 4) is 0 Å². The van der Waals surface area contributed by atoms with Crippen LogP contribution in [0.3, 0.4) is 0 Å². The first-order valence-electron chi connectivity index (χ1n) is 11.5. The van der Waals surface area contributed by atoms with E-state index in [9.17, 15) is 27.4 Å². The minimum atomic E-state index is -4.33. The van der Waals surface area contributed by atoms with Gasteiger partial charge in [-0.05, 0) is 33.8 Å². The van der Waals surface area contributed by atoms with Gasteiger partial charge < -0.3 is 40.7 Å². The van der Waals surface area contributed by atoms with Crippen molar-refractivity contribution < 1.29 is 58.2 Å². The molecule has 0 saturated heterocycles. The lowest BCUT2D eigenvalue weighted by Gasteiger charge is -2.26. The summed E-state index contributed by atoms with van der Waals surface area (Å²) in [5, 5.41) is 2.33. The van der Waals surface area contributed by atoms with Crippen LogP contribution in [0.4, 0.5) is 0 Å². The van der Waals surface area contributed by atoms with Gasteiger partial charge in [-0.25, -0.2) is 18.0 Å². The van der Waals surface area contributed by atoms with Crippen LogP contribution in [0, 0.1) is 0 Å². The van der Waals surface area contributed by atoms with E-state index in [-0.39, 0.29) is 24.3 Å². The predicted molar refractivity (Wildman–Crippen MR) is 144 cm³/mol. The number of quaternary nitrogens is 2. The van der Waals surface area contributed by atoms with E-state index < -0.39 is 27.3 Å². The number of ether oxygens (including phenoxy) is 2. The molecule has 1 amide bonds. The van der Waals surface area contributed by atoms with Crippen molar-refractivity contribution in [2.75, 3.05) is 74.3 Å². The molecule has 0 aromatic heterocycles. The molecule has 0 aromatic carbocycles. The molecule has 0 saturated carbocycles. The third-order valence-electron chi connectivity index (χ3n) is 3.87. The molecule has 0 radical (unpaired) electrons. The van der Waals surface area contributed by atoms with Crippen molar-refractivity contribution in [1.82, 2.24) is 5.32 Å². The summed E-state index contributed by atoms with van der Waals surface area (Å²) in [7, 11) is 7.97. The molecule has 0 rings (SSSR count). The van der Waals surface area contributed by atoms with E-state index in [4.69, 9.17) is 9.47 Å². The topological polar surface area (TPSA) is 139 Å². The summed E-state index contributed by atoms with van der Waals surface area (Å²) in [4.78, 5) is 32.6. The van der Waals surface area contributed by atoms with Crippen molar-refractivity contribution in [3.05, 3.63) is 37.0 Å². The normalized spacial score (nSPS) is 11.1. The third-order valence-corrected chi connectivity index (χ3v) is 4.95. The quantitative estimate of drug-likeness (QED) is 0.123. The van der Waals surface area contributed by atoms with Crippen LogP contribution in [0.1, 0.15) is 27.7 Å². The van der Waals surface area contributed by atoms with Crippen LogP contribution in [0.5, 0.6) is 0 Å². The predicted octanol–water partition coefficient (Wildman–Crippen LogP) is -1.76. The molecule has 0 aliphatic carbocycles. The fourth-order valence-electron chi connectivity index (χ4n) is 1.93. The first kappa shape index (κ1) is 42.8. The Morgan fingerprint density at radius 3 is 1.39 bits per heavy atom. The van der Waals surface area contributed by atoms with E-state index in [2.05, 4.69) is 67.3 Å². The smallest absolute Gasteiger partial charge is 0.333 e. The minimum Gasteiger partial charge on any atom is -1.00 e.